The molecule has 1 amide bonds. The monoisotopic (exact) mass is 313 g/mol. The number of alkyl carbamates (subject to hydrolysis) is 1. The molecule has 2 aromatic carbocycles. The van der Waals surface area contributed by atoms with Crippen molar-refractivity contribution < 1.29 is 19.1 Å². The molecule has 0 aromatic heterocycles. The zero-order valence-electron chi connectivity index (χ0n) is 13.1. The van der Waals surface area contributed by atoms with Gasteiger partial charge in [-0.25, -0.2) is 9.59 Å². The summed E-state index contributed by atoms with van der Waals surface area (Å²) in [6.07, 6.45) is -0.689. The molecular weight excluding hydrogens is 294 g/mol. The lowest BCUT2D eigenvalue weighted by Gasteiger charge is -2.27. The normalized spacial score (nSPS) is 12.8. The Morgan fingerprint density at radius 3 is 2.13 bits per heavy atom. The maximum atomic E-state index is 12.2. The molecule has 2 aromatic rings. The Labute approximate surface area is 135 Å². The van der Waals surface area contributed by atoms with E-state index < -0.39 is 17.6 Å². The van der Waals surface area contributed by atoms with Crippen molar-refractivity contribution in [2.24, 2.45) is 0 Å². The van der Waals surface area contributed by atoms with Crippen LogP contribution in [0, 0.1) is 0 Å². The minimum absolute atomic E-state index is 0.124. The molecule has 0 bridgehead atoms. The molecule has 120 valence electrons. The third-order valence-electron chi connectivity index (χ3n) is 3.51. The van der Waals surface area contributed by atoms with Crippen LogP contribution in [0.25, 0.3) is 0 Å². The standard InChI is InChI=1S/C18H19NO4/c1-18(16(20)22-2,15-11-7-4-8-12-15)19-17(21)23-13-14-9-5-3-6-10-14/h3-12H,13H2,1-2H3,(H,19,21)/t18-/m0/s1. The van der Waals surface area contributed by atoms with Gasteiger partial charge in [0.2, 0.25) is 0 Å². The summed E-state index contributed by atoms with van der Waals surface area (Å²) < 4.78 is 10.0. The second kappa shape index (κ2) is 7.45. The number of ether oxygens (including phenoxy) is 2. The number of esters is 1. The number of benzene rings is 2. The third kappa shape index (κ3) is 4.10. The van der Waals surface area contributed by atoms with E-state index in [-0.39, 0.29) is 6.61 Å². The van der Waals surface area contributed by atoms with Crippen molar-refractivity contribution in [3.63, 3.8) is 0 Å². The average Bonchev–Trinajstić information content (AvgIpc) is 2.60. The van der Waals surface area contributed by atoms with Crippen molar-refractivity contribution in [2.45, 2.75) is 19.1 Å². The second-order valence-electron chi connectivity index (χ2n) is 5.17. The van der Waals surface area contributed by atoms with E-state index in [1.807, 2.05) is 36.4 Å². The van der Waals surface area contributed by atoms with Crippen LogP contribution in [0.3, 0.4) is 0 Å². The molecule has 2 rings (SSSR count). The first-order valence-electron chi connectivity index (χ1n) is 7.19. The van der Waals surface area contributed by atoms with Crippen LogP contribution < -0.4 is 5.32 Å². The lowest BCUT2D eigenvalue weighted by molar-refractivity contribution is -0.148. The molecule has 1 atom stereocenters. The van der Waals surface area contributed by atoms with E-state index in [2.05, 4.69) is 5.32 Å². The Balaban J connectivity index is 2.09. The molecule has 0 spiro atoms. The molecule has 0 radical (unpaired) electrons. The van der Waals surface area contributed by atoms with Gasteiger partial charge in [0.15, 0.2) is 5.54 Å². The molecule has 0 fully saturated rings. The van der Waals surface area contributed by atoms with Gasteiger partial charge in [-0.3, -0.25) is 0 Å². The molecule has 0 aliphatic carbocycles. The molecular formula is C18H19NO4. The van der Waals surface area contributed by atoms with E-state index in [1.165, 1.54) is 7.11 Å². The smallest absolute Gasteiger partial charge is 0.408 e. The molecule has 0 aliphatic heterocycles. The van der Waals surface area contributed by atoms with Crippen LogP contribution in [0.1, 0.15) is 18.1 Å². The maximum Gasteiger partial charge on any atom is 0.408 e. The highest BCUT2D eigenvalue weighted by Gasteiger charge is 2.38. The van der Waals surface area contributed by atoms with Gasteiger partial charge in [-0.2, -0.15) is 0 Å². The van der Waals surface area contributed by atoms with Gasteiger partial charge in [-0.1, -0.05) is 60.7 Å². The SMILES string of the molecule is COC(=O)[C@@](C)(NC(=O)OCc1ccccc1)c1ccccc1. The van der Waals surface area contributed by atoms with Crippen LogP contribution in [0.2, 0.25) is 0 Å². The number of carbonyl (C=O) groups excluding carboxylic acids is 2. The van der Waals surface area contributed by atoms with Crippen molar-refractivity contribution in [2.75, 3.05) is 7.11 Å². The van der Waals surface area contributed by atoms with Gasteiger partial charge in [0.05, 0.1) is 7.11 Å². The van der Waals surface area contributed by atoms with Crippen molar-refractivity contribution >= 4 is 12.1 Å². The fraction of sp³-hybridized carbons (Fsp3) is 0.222. The number of carbonyl (C=O) groups is 2. The maximum absolute atomic E-state index is 12.2. The summed E-state index contributed by atoms with van der Waals surface area (Å²) in [5, 5.41) is 2.59. The van der Waals surface area contributed by atoms with Gasteiger partial charge in [-0.05, 0) is 18.1 Å². The fourth-order valence-electron chi connectivity index (χ4n) is 2.18. The summed E-state index contributed by atoms with van der Waals surface area (Å²) in [5.41, 5.74) is 0.162. The van der Waals surface area contributed by atoms with Crippen molar-refractivity contribution in [1.82, 2.24) is 5.32 Å². The highest BCUT2D eigenvalue weighted by atomic mass is 16.6. The summed E-state index contributed by atoms with van der Waals surface area (Å²) in [5.74, 6) is -0.569. The Bertz CT molecular complexity index is 657. The molecule has 0 saturated heterocycles. The molecule has 0 saturated carbocycles. The van der Waals surface area contributed by atoms with Crippen molar-refractivity contribution in [3.05, 3.63) is 71.8 Å². The third-order valence-corrected chi connectivity index (χ3v) is 3.51. The van der Waals surface area contributed by atoms with E-state index in [4.69, 9.17) is 9.47 Å². The largest absolute Gasteiger partial charge is 0.467 e. The number of methoxy groups -OCH3 is 1. The summed E-state index contributed by atoms with van der Waals surface area (Å²) >= 11 is 0. The van der Waals surface area contributed by atoms with Gasteiger partial charge in [0.25, 0.3) is 0 Å². The zero-order valence-corrected chi connectivity index (χ0v) is 13.1. The van der Waals surface area contributed by atoms with Crippen LogP contribution in [-0.4, -0.2) is 19.2 Å². The Kier molecular flexibility index (Phi) is 5.36. The number of hydrogen-bond donors (Lipinski definition) is 1. The van der Waals surface area contributed by atoms with Crippen LogP contribution in [-0.2, 0) is 26.4 Å². The molecule has 5 heteroatoms. The van der Waals surface area contributed by atoms with Crippen LogP contribution in [0.5, 0.6) is 0 Å². The molecule has 0 unspecified atom stereocenters. The number of hydrogen-bond acceptors (Lipinski definition) is 4. The second-order valence-corrected chi connectivity index (χ2v) is 5.17. The lowest BCUT2D eigenvalue weighted by Crippen LogP contribution is -2.50. The molecule has 1 N–H and O–H groups in total. The van der Waals surface area contributed by atoms with Crippen LogP contribution >= 0.6 is 0 Å². The van der Waals surface area contributed by atoms with E-state index in [0.29, 0.717) is 5.56 Å². The predicted octanol–water partition coefficient (Wildman–Crippen LogP) is 3.00. The van der Waals surface area contributed by atoms with Crippen molar-refractivity contribution in [3.8, 4) is 0 Å². The summed E-state index contributed by atoms with van der Waals surface area (Å²) in [6, 6.07) is 18.2. The fourth-order valence-corrected chi connectivity index (χ4v) is 2.18. The molecule has 5 nitrogen and oxygen atoms in total. The van der Waals surface area contributed by atoms with Gasteiger partial charge >= 0.3 is 12.1 Å². The zero-order chi connectivity index (χ0) is 16.7. The Morgan fingerprint density at radius 2 is 1.57 bits per heavy atom. The first-order valence-corrected chi connectivity index (χ1v) is 7.19. The van der Waals surface area contributed by atoms with E-state index in [9.17, 15) is 9.59 Å². The topological polar surface area (TPSA) is 64.6 Å². The summed E-state index contributed by atoms with van der Waals surface area (Å²) in [6.45, 7) is 1.71. The highest BCUT2D eigenvalue weighted by Crippen LogP contribution is 2.22. The Hall–Kier alpha value is -2.82. The van der Waals surface area contributed by atoms with Crippen molar-refractivity contribution in [1.29, 1.82) is 0 Å². The van der Waals surface area contributed by atoms with Gasteiger partial charge in [0, 0.05) is 0 Å². The van der Waals surface area contributed by atoms with E-state index in [1.54, 1.807) is 31.2 Å². The molecule has 0 aliphatic rings. The van der Waals surface area contributed by atoms with Crippen LogP contribution in [0.4, 0.5) is 4.79 Å². The summed E-state index contributed by atoms with van der Waals surface area (Å²) in [4.78, 5) is 24.2. The highest BCUT2D eigenvalue weighted by molar-refractivity contribution is 5.86. The van der Waals surface area contributed by atoms with Crippen LogP contribution in [0.15, 0.2) is 60.7 Å². The quantitative estimate of drug-likeness (QED) is 0.862. The Morgan fingerprint density at radius 1 is 1.00 bits per heavy atom. The average molecular weight is 313 g/mol. The lowest BCUT2D eigenvalue weighted by atomic mass is 9.92. The predicted molar refractivity (Wildman–Crippen MR) is 85.6 cm³/mol. The van der Waals surface area contributed by atoms with Gasteiger partial charge in [-0.15, -0.1) is 0 Å². The first-order chi connectivity index (χ1) is 11.1. The number of amides is 1. The van der Waals surface area contributed by atoms with E-state index in [0.717, 1.165) is 5.56 Å². The number of nitrogens with one attached hydrogen (secondary N) is 1. The minimum Gasteiger partial charge on any atom is -0.467 e. The molecule has 23 heavy (non-hydrogen) atoms. The van der Waals surface area contributed by atoms with Gasteiger partial charge in [0.1, 0.15) is 6.61 Å². The van der Waals surface area contributed by atoms with E-state index >= 15 is 0 Å². The minimum atomic E-state index is -1.32. The first kappa shape index (κ1) is 16.5. The van der Waals surface area contributed by atoms with Gasteiger partial charge < -0.3 is 14.8 Å². The number of rotatable bonds is 5. The molecule has 0 heterocycles. The summed E-state index contributed by atoms with van der Waals surface area (Å²) in [7, 11) is 1.28.